The van der Waals surface area contributed by atoms with Crippen LogP contribution >= 0.6 is 0 Å². The van der Waals surface area contributed by atoms with Crippen LogP contribution in [0, 0.1) is 17.6 Å². The average molecular weight is 330 g/mol. The summed E-state index contributed by atoms with van der Waals surface area (Å²) in [4.78, 5) is 25.8. The molecule has 1 aliphatic rings. The zero-order valence-corrected chi connectivity index (χ0v) is 12.8. The van der Waals surface area contributed by atoms with Crippen LogP contribution in [-0.2, 0) is 4.79 Å². The Morgan fingerprint density at radius 2 is 1.92 bits per heavy atom. The Morgan fingerprint density at radius 3 is 2.62 bits per heavy atom. The number of carbonyl (C=O) groups is 2. The van der Waals surface area contributed by atoms with Gasteiger partial charge in [0.05, 0.1) is 5.56 Å². The standard InChI is InChI=1S/C18H16F2N2O2/c19-13-6-7-15(16(20)9-13)18(24)21-10-12-8-17(23)22(11-12)14-4-2-1-3-5-14/h1-7,9,12H,8,10-11H2,(H,21,24). The molecule has 1 aliphatic heterocycles. The molecule has 2 aromatic rings. The largest absolute Gasteiger partial charge is 0.352 e. The molecule has 0 spiro atoms. The number of nitrogens with zero attached hydrogens (tertiary/aromatic N) is 1. The van der Waals surface area contributed by atoms with Crippen LogP contribution in [0.1, 0.15) is 16.8 Å². The molecule has 2 aromatic carbocycles. The third kappa shape index (κ3) is 3.42. The SMILES string of the molecule is O=C(NCC1CC(=O)N(c2ccccc2)C1)c1ccc(F)cc1F. The van der Waals surface area contributed by atoms with E-state index in [2.05, 4.69) is 5.32 Å². The lowest BCUT2D eigenvalue weighted by Crippen LogP contribution is -2.31. The van der Waals surface area contributed by atoms with Crippen molar-refractivity contribution < 1.29 is 18.4 Å². The minimum atomic E-state index is -0.902. The van der Waals surface area contributed by atoms with Crippen LogP contribution in [-0.4, -0.2) is 24.9 Å². The lowest BCUT2D eigenvalue weighted by molar-refractivity contribution is -0.117. The van der Waals surface area contributed by atoms with Crippen molar-refractivity contribution >= 4 is 17.5 Å². The fraction of sp³-hybridized carbons (Fsp3) is 0.222. The number of benzene rings is 2. The van der Waals surface area contributed by atoms with Gasteiger partial charge in [0.2, 0.25) is 5.91 Å². The number of nitrogens with one attached hydrogen (secondary N) is 1. The fourth-order valence-electron chi connectivity index (χ4n) is 2.78. The maximum atomic E-state index is 13.6. The van der Waals surface area contributed by atoms with E-state index in [9.17, 15) is 18.4 Å². The predicted octanol–water partition coefficient (Wildman–Crippen LogP) is 2.75. The molecule has 4 nitrogen and oxygen atoms in total. The van der Waals surface area contributed by atoms with Gasteiger partial charge in [-0.2, -0.15) is 0 Å². The molecule has 0 saturated carbocycles. The minimum Gasteiger partial charge on any atom is -0.352 e. The Balaban J connectivity index is 1.59. The monoisotopic (exact) mass is 330 g/mol. The van der Waals surface area contributed by atoms with Crippen molar-refractivity contribution in [3.05, 3.63) is 65.7 Å². The van der Waals surface area contributed by atoms with E-state index in [1.807, 2.05) is 30.3 Å². The van der Waals surface area contributed by atoms with E-state index < -0.39 is 17.5 Å². The predicted molar refractivity (Wildman–Crippen MR) is 85.6 cm³/mol. The summed E-state index contributed by atoms with van der Waals surface area (Å²) >= 11 is 0. The molecule has 3 rings (SSSR count). The molecule has 1 saturated heterocycles. The van der Waals surface area contributed by atoms with Gasteiger partial charge in [0, 0.05) is 37.2 Å². The van der Waals surface area contributed by atoms with Crippen LogP contribution in [0.25, 0.3) is 0 Å². The summed E-state index contributed by atoms with van der Waals surface area (Å²) in [5, 5.41) is 2.61. The lowest BCUT2D eigenvalue weighted by Gasteiger charge is -2.17. The molecule has 1 fully saturated rings. The van der Waals surface area contributed by atoms with Gasteiger partial charge in [-0.15, -0.1) is 0 Å². The van der Waals surface area contributed by atoms with E-state index in [-0.39, 0.29) is 23.9 Å². The molecule has 1 N–H and O–H groups in total. The summed E-state index contributed by atoms with van der Waals surface area (Å²) in [5.41, 5.74) is 0.613. The van der Waals surface area contributed by atoms with Crippen LogP contribution in [0.5, 0.6) is 0 Å². The molecule has 0 radical (unpaired) electrons. The van der Waals surface area contributed by atoms with Gasteiger partial charge in [-0.25, -0.2) is 8.78 Å². The zero-order valence-electron chi connectivity index (χ0n) is 12.8. The molecular formula is C18H16F2N2O2. The normalized spacial score (nSPS) is 17.2. The highest BCUT2D eigenvalue weighted by molar-refractivity contribution is 5.96. The highest BCUT2D eigenvalue weighted by atomic mass is 19.1. The van der Waals surface area contributed by atoms with E-state index in [0.717, 1.165) is 17.8 Å². The first-order valence-electron chi connectivity index (χ1n) is 7.63. The number of para-hydroxylation sites is 1. The first kappa shape index (κ1) is 16.1. The summed E-state index contributed by atoms with van der Waals surface area (Å²) in [7, 11) is 0. The molecule has 1 unspecified atom stereocenters. The van der Waals surface area contributed by atoms with Gasteiger partial charge >= 0.3 is 0 Å². The molecule has 24 heavy (non-hydrogen) atoms. The second-order valence-corrected chi connectivity index (χ2v) is 5.74. The zero-order chi connectivity index (χ0) is 17.1. The van der Waals surface area contributed by atoms with Crippen LogP contribution in [0.3, 0.4) is 0 Å². The molecule has 1 heterocycles. The first-order chi connectivity index (χ1) is 11.5. The summed E-state index contributed by atoms with van der Waals surface area (Å²) < 4.78 is 26.5. The summed E-state index contributed by atoms with van der Waals surface area (Å²) in [5.74, 6) is -2.30. The lowest BCUT2D eigenvalue weighted by atomic mass is 10.1. The maximum Gasteiger partial charge on any atom is 0.254 e. The quantitative estimate of drug-likeness (QED) is 0.937. The number of anilines is 1. The topological polar surface area (TPSA) is 49.4 Å². The smallest absolute Gasteiger partial charge is 0.254 e. The average Bonchev–Trinajstić information content (AvgIpc) is 2.94. The number of carbonyl (C=O) groups excluding carboxylic acids is 2. The number of hydrogen-bond donors (Lipinski definition) is 1. The van der Waals surface area contributed by atoms with Gasteiger partial charge < -0.3 is 10.2 Å². The Morgan fingerprint density at radius 1 is 1.17 bits per heavy atom. The fourth-order valence-corrected chi connectivity index (χ4v) is 2.78. The van der Waals surface area contributed by atoms with Crippen LogP contribution in [0.4, 0.5) is 14.5 Å². The molecular weight excluding hydrogens is 314 g/mol. The molecule has 1 atom stereocenters. The molecule has 0 aromatic heterocycles. The minimum absolute atomic E-state index is 0.00610. The van der Waals surface area contributed by atoms with Crippen LogP contribution in [0.15, 0.2) is 48.5 Å². The first-order valence-corrected chi connectivity index (χ1v) is 7.63. The van der Waals surface area contributed by atoms with Gasteiger partial charge in [-0.1, -0.05) is 18.2 Å². The number of halogens is 2. The summed E-state index contributed by atoms with van der Waals surface area (Å²) in [6, 6.07) is 12.1. The van der Waals surface area contributed by atoms with E-state index >= 15 is 0 Å². The van der Waals surface area contributed by atoms with E-state index in [0.29, 0.717) is 19.0 Å². The highest BCUT2D eigenvalue weighted by Crippen LogP contribution is 2.24. The molecule has 0 bridgehead atoms. The third-order valence-electron chi connectivity index (χ3n) is 4.00. The van der Waals surface area contributed by atoms with Gasteiger partial charge in [0.25, 0.3) is 5.91 Å². The number of rotatable bonds is 4. The molecule has 124 valence electrons. The van der Waals surface area contributed by atoms with E-state index in [1.165, 1.54) is 0 Å². The van der Waals surface area contributed by atoms with Gasteiger partial charge in [0.15, 0.2) is 0 Å². The Hall–Kier alpha value is -2.76. The van der Waals surface area contributed by atoms with Crippen LogP contribution in [0.2, 0.25) is 0 Å². The molecule has 0 aliphatic carbocycles. The van der Waals surface area contributed by atoms with Crippen molar-refractivity contribution in [3.63, 3.8) is 0 Å². The van der Waals surface area contributed by atoms with Gasteiger partial charge in [-0.05, 0) is 24.3 Å². The van der Waals surface area contributed by atoms with E-state index in [1.54, 1.807) is 4.90 Å². The Labute approximate surface area is 138 Å². The molecule has 2 amide bonds. The number of hydrogen-bond acceptors (Lipinski definition) is 2. The Bertz CT molecular complexity index is 765. The van der Waals surface area contributed by atoms with Crippen LogP contribution < -0.4 is 10.2 Å². The van der Waals surface area contributed by atoms with Gasteiger partial charge in [-0.3, -0.25) is 9.59 Å². The second-order valence-electron chi connectivity index (χ2n) is 5.74. The van der Waals surface area contributed by atoms with Crippen molar-refractivity contribution in [2.75, 3.05) is 18.0 Å². The van der Waals surface area contributed by atoms with E-state index in [4.69, 9.17) is 0 Å². The van der Waals surface area contributed by atoms with Crippen molar-refractivity contribution in [1.29, 1.82) is 0 Å². The van der Waals surface area contributed by atoms with Crippen molar-refractivity contribution in [1.82, 2.24) is 5.32 Å². The second kappa shape index (κ2) is 6.78. The maximum absolute atomic E-state index is 13.6. The summed E-state index contributed by atoms with van der Waals surface area (Å²) in [6.07, 6.45) is 0.321. The van der Waals surface area contributed by atoms with Gasteiger partial charge in [0.1, 0.15) is 11.6 Å². The van der Waals surface area contributed by atoms with Crippen molar-refractivity contribution in [2.24, 2.45) is 5.92 Å². The highest BCUT2D eigenvalue weighted by Gasteiger charge is 2.30. The molecule has 6 heteroatoms. The summed E-state index contributed by atoms with van der Waals surface area (Å²) in [6.45, 7) is 0.750. The Kier molecular flexibility index (Phi) is 4.55. The van der Waals surface area contributed by atoms with Crippen molar-refractivity contribution in [3.8, 4) is 0 Å². The van der Waals surface area contributed by atoms with Crippen molar-refractivity contribution in [2.45, 2.75) is 6.42 Å². The number of amides is 2. The third-order valence-corrected chi connectivity index (χ3v) is 4.00.